The third kappa shape index (κ3) is 3.43. The van der Waals surface area contributed by atoms with Crippen LogP contribution in [0.15, 0.2) is 45.8 Å². The summed E-state index contributed by atoms with van der Waals surface area (Å²) in [4.78, 5) is 47.0. The van der Waals surface area contributed by atoms with Crippen LogP contribution in [0.3, 0.4) is 0 Å². The minimum absolute atomic E-state index is 0.131. The number of ketones is 1. The minimum atomic E-state index is -0.833. The maximum atomic E-state index is 13.1. The fourth-order valence-corrected chi connectivity index (χ4v) is 3.48. The molecule has 3 heterocycles. The zero-order valence-electron chi connectivity index (χ0n) is 17.4. The Labute approximate surface area is 177 Å². The molecular weight excluding hydrogens is 398 g/mol. The molecule has 0 saturated carbocycles. The van der Waals surface area contributed by atoms with Crippen LogP contribution in [-0.4, -0.2) is 30.8 Å². The Morgan fingerprint density at radius 2 is 1.87 bits per heavy atom. The summed E-state index contributed by atoms with van der Waals surface area (Å²) >= 11 is 0. The van der Waals surface area contributed by atoms with Crippen LogP contribution in [0.5, 0.6) is 0 Å². The molecule has 0 atom stereocenters. The van der Waals surface area contributed by atoms with Crippen LogP contribution in [0.25, 0.3) is 22.7 Å². The predicted molar refractivity (Wildman–Crippen MR) is 114 cm³/mol. The van der Waals surface area contributed by atoms with Gasteiger partial charge in [-0.2, -0.15) is 0 Å². The van der Waals surface area contributed by atoms with Crippen LogP contribution < -0.4 is 11.4 Å². The Kier molecular flexibility index (Phi) is 5.02. The number of carbonyl (C=O) groups excluding carboxylic acids is 2. The van der Waals surface area contributed by atoms with E-state index in [1.807, 2.05) is 19.9 Å². The van der Waals surface area contributed by atoms with Gasteiger partial charge in [-0.1, -0.05) is 12.1 Å². The molecule has 31 heavy (non-hydrogen) atoms. The molecule has 2 N–H and O–H groups in total. The molecule has 0 aliphatic heterocycles. The minimum Gasteiger partial charge on any atom is -0.461 e. The first kappa shape index (κ1) is 20.3. The van der Waals surface area contributed by atoms with E-state index in [0.717, 1.165) is 11.1 Å². The van der Waals surface area contributed by atoms with Gasteiger partial charge >= 0.3 is 5.69 Å². The second-order valence-corrected chi connectivity index (χ2v) is 7.24. The van der Waals surface area contributed by atoms with E-state index in [1.54, 1.807) is 31.2 Å². The molecule has 1 amide bonds. The van der Waals surface area contributed by atoms with Crippen LogP contribution in [0.4, 0.5) is 0 Å². The SMILES string of the molecule is CCn1c(=O)n(CC(=O)c2ccc(C)c(C)c2)c2c(C(N)=O)nc(-c3ccco3)nc21. The second-order valence-electron chi connectivity index (χ2n) is 7.24. The van der Waals surface area contributed by atoms with Gasteiger partial charge in [0.1, 0.15) is 5.52 Å². The highest BCUT2D eigenvalue weighted by Gasteiger charge is 2.25. The van der Waals surface area contributed by atoms with Crippen LogP contribution in [-0.2, 0) is 13.1 Å². The molecule has 3 aromatic heterocycles. The molecule has 9 heteroatoms. The average Bonchev–Trinajstić information content (AvgIpc) is 3.36. The monoisotopic (exact) mass is 419 g/mol. The Balaban J connectivity index is 1.92. The van der Waals surface area contributed by atoms with Gasteiger partial charge in [0.2, 0.25) is 0 Å². The molecule has 0 aliphatic rings. The molecule has 1 aromatic carbocycles. The van der Waals surface area contributed by atoms with Crippen LogP contribution in [0, 0.1) is 13.8 Å². The molecule has 0 fully saturated rings. The Hall–Kier alpha value is -4.01. The van der Waals surface area contributed by atoms with E-state index in [1.165, 1.54) is 15.4 Å². The Morgan fingerprint density at radius 3 is 2.48 bits per heavy atom. The third-order valence-electron chi connectivity index (χ3n) is 5.27. The molecule has 0 aliphatic carbocycles. The summed E-state index contributed by atoms with van der Waals surface area (Å²) < 4.78 is 7.92. The van der Waals surface area contributed by atoms with Crippen molar-refractivity contribution in [2.24, 2.45) is 5.73 Å². The van der Waals surface area contributed by atoms with Crippen LogP contribution >= 0.6 is 0 Å². The van der Waals surface area contributed by atoms with E-state index in [2.05, 4.69) is 9.97 Å². The summed E-state index contributed by atoms with van der Waals surface area (Å²) in [5.41, 5.74) is 7.82. The zero-order valence-corrected chi connectivity index (χ0v) is 17.4. The number of imidazole rings is 1. The van der Waals surface area contributed by atoms with Gasteiger partial charge in [0.05, 0.1) is 12.8 Å². The summed E-state index contributed by atoms with van der Waals surface area (Å²) in [6.45, 7) is 5.66. The number of nitrogens with zero attached hydrogens (tertiary/aromatic N) is 4. The van der Waals surface area contributed by atoms with Gasteiger partial charge < -0.3 is 10.2 Å². The van der Waals surface area contributed by atoms with Gasteiger partial charge in [-0.25, -0.2) is 14.8 Å². The normalized spacial score (nSPS) is 11.2. The number of aryl methyl sites for hydroxylation is 3. The number of primary amides is 1. The lowest BCUT2D eigenvalue weighted by molar-refractivity contribution is 0.0966. The quantitative estimate of drug-likeness (QED) is 0.479. The summed E-state index contributed by atoms with van der Waals surface area (Å²) in [7, 11) is 0. The lowest BCUT2D eigenvalue weighted by atomic mass is 10.0. The first-order valence-corrected chi connectivity index (χ1v) is 9.77. The van der Waals surface area contributed by atoms with E-state index in [-0.39, 0.29) is 41.6 Å². The number of nitrogens with two attached hydrogens (primary N) is 1. The predicted octanol–water partition coefficient (Wildman–Crippen LogP) is 2.47. The lowest BCUT2D eigenvalue weighted by Gasteiger charge is -2.07. The van der Waals surface area contributed by atoms with E-state index in [4.69, 9.17) is 10.2 Å². The number of rotatable bonds is 6. The second kappa shape index (κ2) is 7.67. The maximum Gasteiger partial charge on any atom is 0.330 e. The molecule has 0 saturated heterocycles. The van der Waals surface area contributed by atoms with E-state index < -0.39 is 11.6 Å². The van der Waals surface area contributed by atoms with Crippen molar-refractivity contribution in [3.63, 3.8) is 0 Å². The summed E-state index contributed by atoms with van der Waals surface area (Å²) in [5, 5.41) is 0. The topological polar surface area (TPSA) is 126 Å². The number of benzene rings is 1. The van der Waals surface area contributed by atoms with Crippen molar-refractivity contribution in [3.05, 3.63) is 69.5 Å². The standard InChI is InChI=1S/C22H21N5O4/c1-4-26-21-18(17(19(23)29)24-20(25-21)16-6-5-9-31-16)27(22(26)30)11-15(28)14-8-7-12(2)13(3)10-14/h5-10H,4,11H2,1-3H3,(H2,23,29). The number of fused-ring (bicyclic) bond motifs is 1. The number of Topliss-reactive ketones (excluding diaryl/α,β-unsaturated/α-hetero) is 1. The number of furan rings is 1. The van der Waals surface area contributed by atoms with Crippen LogP contribution in [0.1, 0.15) is 38.9 Å². The molecule has 4 rings (SSSR count). The highest BCUT2D eigenvalue weighted by atomic mass is 16.3. The van der Waals surface area contributed by atoms with Crippen molar-refractivity contribution in [3.8, 4) is 11.6 Å². The van der Waals surface area contributed by atoms with E-state index >= 15 is 0 Å². The molecule has 158 valence electrons. The first-order valence-electron chi connectivity index (χ1n) is 9.77. The molecule has 0 unspecified atom stereocenters. The highest BCUT2D eigenvalue weighted by Crippen LogP contribution is 2.22. The summed E-state index contributed by atoms with van der Waals surface area (Å²) in [5.74, 6) is -0.642. The number of amides is 1. The number of hydrogen-bond donors (Lipinski definition) is 1. The Bertz CT molecular complexity index is 1380. The number of hydrogen-bond acceptors (Lipinski definition) is 6. The first-order chi connectivity index (χ1) is 14.8. The number of carbonyl (C=O) groups is 2. The van der Waals surface area contributed by atoms with Gasteiger partial charge in [0, 0.05) is 12.1 Å². The molecule has 4 aromatic rings. The van der Waals surface area contributed by atoms with Gasteiger partial charge in [-0.05, 0) is 50.1 Å². The van der Waals surface area contributed by atoms with E-state index in [9.17, 15) is 14.4 Å². The fourth-order valence-electron chi connectivity index (χ4n) is 3.48. The van der Waals surface area contributed by atoms with Crippen molar-refractivity contribution < 1.29 is 14.0 Å². The van der Waals surface area contributed by atoms with Crippen molar-refractivity contribution >= 4 is 22.9 Å². The van der Waals surface area contributed by atoms with Crippen molar-refractivity contribution in [1.82, 2.24) is 19.1 Å². The largest absolute Gasteiger partial charge is 0.461 e. The summed E-state index contributed by atoms with van der Waals surface area (Å²) in [6, 6.07) is 8.65. The molecule has 0 spiro atoms. The maximum absolute atomic E-state index is 13.1. The van der Waals surface area contributed by atoms with Gasteiger partial charge in [-0.3, -0.25) is 18.7 Å². The zero-order chi connectivity index (χ0) is 22.3. The van der Waals surface area contributed by atoms with Crippen molar-refractivity contribution in [1.29, 1.82) is 0 Å². The molecule has 0 bridgehead atoms. The molecular formula is C22H21N5O4. The molecule has 0 radical (unpaired) electrons. The van der Waals surface area contributed by atoms with Crippen molar-refractivity contribution in [2.45, 2.75) is 33.9 Å². The fraction of sp³-hybridized carbons (Fsp3) is 0.227. The highest BCUT2D eigenvalue weighted by molar-refractivity contribution is 6.03. The smallest absolute Gasteiger partial charge is 0.330 e. The van der Waals surface area contributed by atoms with Crippen molar-refractivity contribution in [2.75, 3.05) is 0 Å². The van der Waals surface area contributed by atoms with Gasteiger partial charge in [0.15, 0.2) is 28.7 Å². The van der Waals surface area contributed by atoms with E-state index in [0.29, 0.717) is 11.3 Å². The lowest BCUT2D eigenvalue weighted by Crippen LogP contribution is -2.27. The van der Waals surface area contributed by atoms with Crippen LogP contribution in [0.2, 0.25) is 0 Å². The third-order valence-corrected chi connectivity index (χ3v) is 5.27. The Morgan fingerprint density at radius 1 is 1.10 bits per heavy atom. The molecule has 9 nitrogen and oxygen atoms in total. The van der Waals surface area contributed by atoms with Gasteiger partial charge in [0.25, 0.3) is 5.91 Å². The summed E-state index contributed by atoms with van der Waals surface area (Å²) in [6.07, 6.45) is 1.45. The average molecular weight is 419 g/mol. The van der Waals surface area contributed by atoms with Gasteiger partial charge in [-0.15, -0.1) is 0 Å². The number of aromatic nitrogens is 4.